The predicted molar refractivity (Wildman–Crippen MR) is 96.1 cm³/mol. The Kier molecular flexibility index (Phi) is 5.56. The molecule has 1 aromatic heterocycles. The van der Waals surface area contributed by atoms with Crippen molar-refractivity contribution in [3.05, 3.63) is 58.9 Å². The van der Waals surface area contributed by atoms with Gasteiger partial charge in [0.05, 0.1) is 13.2 Å². The molecule has 3 rings (SSSR count). The van der Waals surface area contributed by atoms with Crippen molar-refractivity contribution in [2.45, 2.75) is 31.3 Å². The van der Waals surface area contributed by atoms with Gasteiger partial charge in [-0.05, 0) is 49.2 Å². The number of carboxylic acid groups (broad SMARTS) is 1. The number of ether oxygens (including phenoxy) is 1. The normalized spacial score (nSPS) is 19.4. The van der Waals surface area contributed by atoms with Gasteiger partial charge in [-0.2, -0.15) is 0 Å². The van der Waals surface area contributed by atoms with E-state index < -0.39 is 12.0 Å². The fourth-order valence-electron chi connectivity index (χ4n) is 3.53. The number of halogens is 1. The maximum Gasteiger partial charge on any atom is 0.320 e. The quantitative estimate of drug-likeness (QED) is 0.879. The van der Waals surface area contributed by atoms with E-state index in [-0.39, 0.29) is 6.04 Å². The summed E-state index contributed by atoms with van der Waals surface area (Å²) in [6.45, 7) is 0.701. The highest BCUT2D eigenvalue weighted by Crippen LogP contribution is 2.39. The SMILES string of the molecule is COc1ccc(Cl)cc1C(c1cccnc1)N1CCCCC1C(=O)O. The van der Waals surface area contributed by atoms with Gasteiger partial charge in [0.25, 0.3) is 0 Å². The van der Waals surface area contributed by atoms with Crippen LogP contribution in [0.2, 0.25) is 5.02 Å². The number of aliphatic carboxylic acids is 1. The molecule has 1 aliphatic heterocycles. The molecule has 1 N–H and O–H groups in total. The molecule has 0 radical (unpaired) electrons. The van der Waals surface area contributed by atoms with Gasteiger partial charge in [0.1, 0.15) is 11.8 Å². The van der Waals surface area contributed by atoms with Crippen molar-refractivity contribution in [2.24, 2.45) is 0 Å². The summed E-state index contributed by atoms with van der Waals surface area (Å²) >= 11 is 6.24. The van der Waals surface area contributed by atoms with Gasteiger partial charge in [0.15, 0.2) is 0 Å². The summed E-state index contributed by atoms with van der Waals surface area (Å²) in [5.74, 6) is -0.109. The molecule has 2 aromatic rings. The fourth-order valence-corrected chi connectivity index (χ4v) is 3.71. The highest BCUT2D eigenvalue weighted by Gasteiger charge is 2.36. The Balaban J connectivity index is 2.14. The molecule has 6 heteroatoms. The lowest BCUT2D eigenvalue weighted by Crippen LogP contribution is -2.46. The second kappa shape index (κ2) is 7.85. The highest BCUT2D eigenvalue weighted by atomic mass is 35.5. The molecule has 1 aromatic carbocycles. The first kappa shape index (κ1) is 17.7. The molecule has 2 atom stereocenters. The van der Waals surface area contributed by atoms with E-state index >= 15 is 0 Å². The molecule has 0 bridgehead atoms. The number of piperidine rings is 1. The minimum absolute atomic E-state index is 0.274. The van der Waals surface area contributed by atoms with Gasteiger partial charge in [-0.25, -0.2) is 0 Å². The standard InChI is InChI=1S/C19H21ClN2O3/c1-25-17-8-7-14(20)11-15(17)18(13-5-4-9-21-12-13)22-10-3-2-6-16(22)19(23)24/h4-5,7-9,11-12,16,18H,2-3,6,10H2,1H3,(H,23,24). The van der Waals surface area contributed by atoms with Crippen molar-refractivity contribution in [3.8, 4) is 5.75 Å². The van der Waals surface area contributed by atoms with Crippen LogP contribution in [0.3, 0.4) is 0 Å². The van der Waals surface area contributed by atoms with Crippen LogP contribution in [0.4, 0.5) is 0 Å². The van der Waals surface area contributed by atoms with Gasteiger partial charge in [-0.1, -0.05) is 24.1 Å². The van der Waals surface area contributed by atoms with E-state index in [4.69, 9.17) is 16.3 Å². The Bertz CT molecular complexity index is 739. The zero-order valence-electron chi connectivity index (χ0n) is 14.1. The first-order chi connectivity index (χ1) is 12.1. The number of benzene rings is 1. The first-order valence-corrected chi connectivity index (χ1v) is 8.71. The van der Waals surface area contributed by atoms with Gasteiger partial charge in [0, 0.05) is 23.0 Å². The molecule has 0 amide bonds. The summed E-state index contributed by atoms with van der Waals surface area (Å²) < 4.78 is 5.54. The van der Waals surface area contributed by atoms with E-state index in [9.17, 15) is 9.90 Å². The molecule has 0 saturated carbocycles. The fraction of sp³-hybridized carbons (Fsp3) is 0.368. The highest BCUT2D eigenvalue weighted by molar-refractivity contribution is 6.30. The van der Waals surface area contributed by atoms with Gasteiger partial charge >= 0.3 is 5.97 Å². The minimum atomic E-state index is -0.797. The molecule has 25 heavy (non-hydrogen) atoms. The summed E-state index contributed by atoms with van der Waals surface area (Å²) in [7, 11) is 1.61. The number of aromatic nitrogens is 1. The average molecular weight is 361 g/mol. The number of hydrogen-bond donors (Lipinski definition) is 1. The maximum atomic E-state index is 11.8. The molecule has 2 heterocycles. The number of hydrogen-bond acceptors (Lipinski definition) is 4. The second-order valence-corrected chi connectivity index (χ2v) is 6.60. The summed E-state index contributed by atoms with van der Waals surface area (Å²) in [5, 5.41) is 10.3. The lowest BCUT2D eigenvalue weighted by molar-refractivity contribution is -0.145. The molecule has 1 aliphatic rings. The molecule has 5 nitrogen and oxygen atoms in total. The molecule has 0 spiro atoms. The molecule has 132 valence electrons. The van der Waals surface area contributed by atoms with Crippen LogP contribution in [0.1, 0.15) is 36.4 Å². The zero-order chi connectivity index (χ0) is 17.8. The van der Waals surface area contributed by atoms with Crippen LogP contribution < -0.4 is 4.74 Å². The predicted octanol–water partition coefficient (Wildman–Crippen LogP) is 3.77. The van der Waals surface area contributed by atoms with Crippen LogP contribution in [-0.2, 0) is 4.79 Å². The van der Waals surface area contributed by atoms with E-state index in [1.807, 2.05) is 29.2 Å². The van der Waals surface area contributed by atoms with Crippen LogP contribution in [0, 0.1) is 0 Å². The van der Waals surface area contributed by atoms with Crippen molar-refractivity contribution in [1.82, 2.24) is 9.88 Å². The summed E-state index contributed by atoms with van der Waals surface area (Å²) in [6, 6.07) is 8.46. The molecular weight excluding hydrogens is 340 g/mol. The Morgan fingerprint density at radius 3 is 2.92 bits per heavy atom. The maximum absolute atomic E-state index is 11.8. The Labute approximate surface area is 152 Å². The molecule has 1 fully saturated rings. The third-order valence-corrected chi connectivity index (χ3v) is 4.88. The largest absolute Gasteiger partial charge is 0.496 e. The summed E-state index contributed by atoms with van der Waals surface area (Å²) in [6.07, 6.45) is 6.00. The Hall–Kier alpha value is -2.11. The lowest BCUT2D eigenvalue weighted by Gasteiger charge is -2.39. The number of rotatable bonds is 5. The number of nitrogens with zero attached hydrogens (tertiary/aromatic N) is 2. The van der Waals surface area contributed by atoms with Crippen molar-refractivity contribution in [3.63, 3.8) is 0 Å². The number of carboxylic acids is 1. The monoisotopic (exact) mass is 360 g/mol. The smallest absolute Gasteiger partial charge is 0.320 e. The zero-order valence-corrected chi connectivity index (χ0v) is 14.8. The average Bonchev–Trinajstić information content (AvgIpc) is 2.63. The van der Waals surface area contributed by atoms with Crippen LogP contribution >= 0.6 is 11.6 Å². The van der Waals surface area contributed by atoms with E-state index in [0.29, 0.717) is 23.7 Å². The van der Waals surface area contributed by atoms with Crippen LogP contribution in [0.25, 0.3) is 0 Å². The molecule has 2 unspecified atom stereocenters. The Morgan fingerprint density at radius 2 is 2.24 bits per heavy atom. The molecule has 1 saturated heterocycles. The van der Waals surface area contributed by atoms with E-state index in [0.717, 1.165) is 24.0 Å². The van der Waals surface area contributed by atoms with Crippen LogP contribution in [0.5, 0.6) is 5.75 Å². The molecule has 0 aliphatic carbocycles. The summed E-state index contributed by atoms with van der Waals surface area (Å²) in [5.41, 5.74) is 1.78. The first-order valence-electron chi connectivity index (χ1n) is 8.33. The number of methoxy groups -OCH3 is 1. The van der Waals surface area contributed by atoms with Crippen LogP contribution in [0.15, 0.2) is 42.7 Å². The van der Waals surface area contributed by atoms with Gasteiger partial charge in [-0.15, -0.1) is 0 Å². The molecular formula is C19H21ClN2O3. The van der Waals surface area contributed by atoms with Crippen molar-refractivity contribution in [2.75, 3.05) is 13.7 Å². The van der Waals surface area contributed by atoms with Crippen molar-refractivity contribution >= 4 is 17.6 Å². The number of likely N-dealkylation sites (tertiary alicyclic amines) is 1. The van der Waals surface area contributed by atoms with E-state index in [1.54, 1.807) is 25.6 Å². The van der Waals surface area contributed by atoms with Crippen LogP contribution in [-0.4, -0.2) is 40.7 Å². The van der Waals surface area contributed by atoms with E-state index in [2.05, 4.69) is 4.98 Å². The number of carbonyl (C=O) groups is 1. The van der Waals surface area contributed by atoms with Gasteiger partial charge in [0.2, 0.25) is 0 Å². The van der Waals surface area contributed by atoms with Gasteiger partial charge in [-0.3, -0.25) is 14.7 Å². The second-order valence-electron chi connectivity index (χ2n) is 6.16. The summed E-state index contributed by atoms with van der Waals surface area (Å²) in [4.78, 5) is 18.1. The minimum Gasteiger partial charge on any atom is -0.496 e. The number of pyridine rings is 1. The van der Waals surface area contributed by atoms with E-state index in [1.165, 1.54) is 0 Å². The lowest BCUT2D eigenvalue weighted by atomic mass is 9.92. The van der Waals surface area contributed by atoms with Crippen molar-refractivity contribution in [1.29, 1.82) is 0 Å². The topological polar surface area (TPSA) is 62.7 Å². The van der Waals surface area contributed by atoms with Gasteiger partial charge < -0.3 is 9.84 Å². The third kappa shape index (κ3) is 3.78. The van der Waals surface area contributed by atoms with Crippen molar-refractivity contribution < 1.29 is 14.6 Å². The Morgan fingerprint density at radius 1 is 1.40 bits per heavy atom. The third-order valence-electron chi connectivity index (χ3n) is 4.65.